The lowest BCUT2D eigenvalue weighted by Crippen LogP contribution is -2.03. The van der Waals surface area contributed by atoms with Crippen molar-refractivity contribution in [3.8, 4) is 0 Å². The van der Waals surface area contributed by atoms with Crippen LogP contribution in [-0.4, -0.2) is 67.2 Å². The number of aliphatic hydroxyl groups excluding tert-OH is 2. The summed E-state index contributed by atoms with van der Waals surface area (Å²) in [5.74, 6) is -2.66. The average molecular weight is 1210 g/mol. The molecule has 85 heavy (non-hydrogen) atoms. The molecule has 0 saturated heterocycles. The second-order valence-corrected chi connectivity index (χ2v) is 23.9. The third-order valence-electron chi connectivity index (χ3n) is 14.9. The van der Waals surface area contributed by atoms with Crippen molar-refractivity contribution in [2.45, 2.75) is 400 Å². The molecule has 0 aromatic heterocycles. The van der Waals surface area contributed by atoms with Crippen LogP contribution in [0.1, 0.15) is 394 Å². The maximum absolute atomic E-state index is 10.3. The first-order valence-corrected chi connectivity index (χ1v) is 36.1. The topological polar surface area (TPSA) is 190 Å². The number of carboxylic acids is 4. The molecule has 0 aliphatic carbocycles. The number of hydrogen-bond acceptors (Lipinski definition) is 6. The Bertz CT molecular complexity index is 1200. The van der Waals surface area contributed by atoms with Gasteiger partial charge in [-0.25, -0.2) is 0 Å². The molecule has 0 aliphatic rings. The lowest BCUT2D eigenvalue weighted by Gasteiger charge is -1.99. The molecule has 10 heteroatoms. The predicted octanol–water partition coefficient (Wildman–Crippen LogP) is 23.8. The van der Waals surface area contributed by atoms with Crippen molar-refractivity contribution in [3.63, 3.8) is 0 Å². The highest BCUT2D eigenvalue weighted by molar-refractivity contribution is 5.67. The van der Waals surface area contributed by atoms with Gasteiger partial charge in [-0.3, -0.25) is 19.2 Å². The summed E-state index contributed by atoms with van der Waals surface area (Å²) in [6.07, 6.45) is 84.4. The van der Waals surface area contributed by atoms with Crippen LogP contribution in [-0.2, 0) is 19.2 Å². The number of aliphatic carboxylic acids is 4. The zero-order valence-electron chi connectivity index (χ0n) is 56.8. The van der Waals surface area contributed by atoms with Crippen LogP contribution in [0.2, 0.25) is 0 Å². The number of carbonyl (C=O) groups is 4. The smallest absolute Gasteiger partial charge is 0.303 e. The maximum Gasteiger partial charge on any atom is 0.303 e. The van der Waals surface area contributed by atoms with Gasteiger partial charge in [-0.1, -0.05) is 282 Å². The van der Waals surface area contributed by atoms with Crippen LogP contribution in [0.4, 0.5) is 0 Å². The summed E-state index contributed by atoms with van der Waals surface area (Å²) in [4.78, 5) is 41.3. The number of allylic oxidation sites excluding steroid dienone is 8. The standard InChI is InChI=1S/4C18H34O2.C3H8O2/c4*1-2-3-4-5-6-7-8-9-10-11-12-13-14-15-16-17-18(19)20;1-3(5)2-4/h4*9-10H,2-8,11-17H2,1H3,(H,19,20);3-5H,2H2,1H3. The van der Waals surface area contributed by atoms with Crippen molar-refractivity contribution in [2.75, 3.05) is 6.61 Å². The molecule has 10 nitrogen and oxygen atoms in total. The summed E-state index contributed by atoms with van der Waals surface area (Å²) in [5, 5.41) is 50.0. The number of unbranched alkanes of at least 4 members (excludes halogenated alkanes) is 44. The Balaban J connectivity index is -0.000000325. The summed E-state index contributed by atoms with van der Waals surface area (Å²) in [7, 11) is 0. The van der Waals surface area contributed by atoms with Gasteiger partial charge in [-0.15, -0.1) is 0 Å². The summed E-state index contributed by atoms with van der Waals surface area (Å²) >= 11 is 0. The lowest BCUT2D eigenvalue weighted by molar-refractivity contribution is -0.138. The highest BCUT2D eigenvalue weighted by Gasteiger charge is 2.00. The van der Waals surface area contributed by atoms with Gasteiger partial charge in [0.15, 0.2) is 0 Å². The molecule has 0 fully saturated rings. The fourth-order valence-electron chi connectivity index (χ4n) is 9.39. The molecule has 0 saturated carbocycles. The van der Waals surface area contributed by atoms with Crippen LogP contribution in [0.25, 0.3) is 0 Å². The summed E-state index contributed by atoms with van der Waals surface area (Å²) < 4.78 is 0. The van der Waals surface area contributed by atoms with Crippen molar-refractivity contribution < 1.29 is 49.8 Å². The lowest BCUT2D eigenvalue weighted by atomic mass is 10.1. The van der Waals surface area contributed by atoms with Crippen molar-refractivity contribution in [2.24, 2.45) is 0 Å². The van der Waals surface area contributed by atoms with E-state index in [4.69, 9.17) is 30.6 Å². The average Bonchev–Trinajstić information content (AvgIpc) is 3.47. The third-order valence-corrected chi connectivity index (χ3v) is 14.9. The monoisotopic (exact) mass is 1210 g/mol. The van der Waals surface area contributed by atoms with Crippen molar-refractivity contribution in [3.05, 3.63) is 48.6 Å². The van der Waals surface area contributed by atoms with Crippen LogP contribution in [0.3, 0.4) is 0 Å². The minimum atomic E-state index is -0.664. The second kappa shape index (κ2) is 87.2. The fraction of sp³-hybridized carbons (Fsp3) is 0.840. The third kappa shape index (κ3) is 112. The van der Waals surface area contributed by atoms with Gasteiger partial charge in [0.25, 0.3) is 0 Å². The Kier molecular flexibility index (Phi) is 92.8. The molecule has 504 valence electrons. The van der Waals surface area contributed by atoms with Gasteiger partial charge in [0.1, 0.15) is 0 Å². The molecule has 1 unspecified atom stereocenters. The first-order valence-electron chi connectivity index (χ1n) is 36.1. The van der Waals surface area contributed by atoms with Gasteiger partial charge < -0.3 is 30.6 Å². The van der Waals surface area contributed by atoms with E-state index in [2.05, 4.69) is 76.3 Å². The molecule has 0 rings (SSSR count). The van der Waals surface area contributed by atoms with Crippen LogP contribution < -0.4 is 0 Å². The fourth-order valence-corrected chi connectivity index (χ4v) is 9.39. The van der Waals surface area contributed by atoms with E-state index in [9.17, 15) is 19.2 Å². The Morgan fingerprint density at radius 2 is 0.365 bits per heavy atom. The van der Waals surface area contributed by atoms with Gasteiger partial charge in [-0.05, 0) is 135 Å². The molecule has 6 N–H and O–H groups in total. The van der Waals surface area contributed by atoms with Crippen LogP contribution in [0.5, 0.6) is 0 Å². The maximum atomic E-state index is 10.3. The van der Waals surface area contributed by atoms with E-state index in [1.54, 1.807) is 0 Å². The zero-order chi connectivity index (χ0) is 63.8. The van der Waals surface area contributed by atoms with Crippen LogP contribution >= 0.6 is 0 Å². The van der Waals surface area contributed by atoms with Gasteiger partial charge in [0, 0.05) is 25.7 Å². The van der Waals surface area contributed by atoms with E-state index >= 15 is 0 Å². The minimum Gasteiger partial charge on any atom is -0.481 e. The van der Waals surface area contributed by atoms with E-state index < -0.39 is 30.0 Å². The van der Waals surface area contributed by atoms with Gasteiger partial charge >= 0.3 is 23.9 Å². The Labute approximate surface area is 526 Å². The first kappa shape index (κ1) is 90.5. The molecule has 0 heterocycles. The first-order chi connectivity index (χ1) is 41.4. The molecule has 1 atom stereocenters. The van der Waals surface area contributed by atoms with E-state index in [1.165, 1.54) is 289 Å². The number of hydrogen-bond donors (Lipinski definition) is 6. The number of rotatable bonds is 61. The highest BCUT2D eigenvalue weighted by atomic mass is 16.4. The van der Waals surface area contributed by atoms with Crippen LogP contribution in [0.15, 0.2) is 48.6 Å². The van der Waals surface area contributed by atoms with Crippen LogP contribution in [0, 0.1) is 0 Å². The molecule has 0 amide bonds. The van der Waals surface area contributed by atoms with Crippen molar-refractivity contribution in [1.29, 1.82) is 0 Å². The largest absolute Gasteiger partial charge is 0.481 e. The summed E-state index contributed by atoms with van der Waals surface area (Å²) in [6, 6.07) is 0. The molecule has 0 bridgehead atoms. The van der Waals surface area contributed by atoms with Gasteiger partial charge in [-0.2, -0.15) is 0 Å². The second-order valence-electron chi connectivity index (χ2n) is 23.9. The Morgan fingerprint density at radius 1 is 0.247 bits per heavy atom. The Morgan fingerprint density at radius 3 is 0.482 bits per heavy atom. The number of carboxylic acid groups (broad SMARTS) is 4. The molecular formula is C75H144O10. The predicted molar refractivity (Wildman–Crippen MR) is 367 cm³/mol. The zero-order valence-corrected chi connectivity index (χ0v) is 56.8. The van der Waals surface area contributed by atoms with E-state index in [-0.39, 0.29) is 6.61 Å². The quantitative estimate of drug-likeness (QED) is 0.0252. The summed E-state index contributed by atoms with van der Waals surface area (Å²) in [5.41, 5.74) is 0. The van der Waals surface area contributed by atoms with Gasteiger partial charge in [0.05, 0.1) is 12.7 Å². The van der Waals surface area contributed by atoms with E-state index in [0.29, 0.717) is 25.7 Å². The number of aliphatic hydroxyl groups is 2. The molecule has 0 radical (unpaired) electrons. The SMILES string of the molecule is CC(O)CO.CCCCCCCCC=CCCCCCCCC(=O)O.CCCCCCCCC=CCCCCCCCC(=O)O.CCCCCCCCC=CCCCCCCCC(=O)O.CCCCCCCCC=CCCCCCCCC(=O)O. The Hall–Kier alpha value is -3.24. The normalized spacial score (nSPS) is 11.5. The molecule has 0 spiro atoms. The molecule has 0 aliphatic heterocycles. The molecular weight excluding hydrogens is 1060 g/mol. The molecule has 0 aromatic rings. The summed E-state index contributed by atoms with van der Waals surface area (Å²) in [6.45, 7) is 10.4. The van der Waals surface area contributed by atoms with E-state index in [1.807, 2.05) is 0 Å². The van der Waals surface area contributed by atoms with Gasteiger partial charge in [0.2, 0.25) is 0 Å². The van der Waals surface area contributed by atoms with Crippen molar-refractivity contribution >= 4 is 23.9 Å². The van der Waals surface area contributed by atoms with E-state index in [0.717, 1.165) is 51.4 Å². The minimum absolute atomic E-state index is 0.139. The van der Waals surface area contributed by atoms with Crippen molar-refractivity contribution in [1.82, 2.24) is 0 Å². The highest BCUT2D eigenvalue weighted by Crippen LogP contribution is 2.15. The molecule has 0 aromatic carbocycles.